The van der Waals surface area contributed by atoms with E-state index in [0.29, 0.717) is 31.0 Å². The van der Waals surface area contributed by atoms with Gasteiger partial charge >= 0.3 is 6.03 Å². The molecular weight excluding hydrogens is 324 g/mol. The van der Waals surface area contributed by atoms with E-state index in [1.54, 1.807) is 11.3 Å². The topological polar surface area (TPSA) is 70.6 Å². The van der Waals surface area contributed by atoms with Gasteiger partial charge in [-0.3, -0.25) is 0 Å². The highest BCUT2D eigenvalue weighted by molar-refractivity contribution is 7.10. The van der Waals surface area contributed by atoms with Crippen LogP contribution in [0.15, 0.2) is 41.8 Å². The van der Waals surface area contributed by atoms with E-state index in [-0.39, 0.29) is 18.6 Å². The van der Waals surface area contributed by atoms with E-state index in [4.69, 9.17) is 4.74 Å². The first-order valence-corrected chi connectivity index (χ1v) is 9.03. The predicted octanol–water partition coefficient (Wildman–Crippen LogP) is 3.82. The fourth-order valence-electron chi connectivity index (χ4n) is 2.49. The minimum Gasteiger partial charge on any atom is -0.492 e. The Morgan fingerprint density at radius 2 is 2.08 bits per heavy atom. The molecular formula is C18H24N2O3S. The lowest BCUT2D eigenvalue weighted by Gasteiger charge is -2.15. The average molecular weight is 348 g/mol. The number of ether oxygens (including phenoxy) is 1. The zero-order valence-electron chi connectivity index (χ0n) is 13.8. The molecule has 1 heterocycles. The number of aliphatic hydroxyl groups excluding tert-OH is 1. The van der Waals surface area contributed by atoms with Crippen molar-refractivity contribution in [2.75, 3.05) is 25.1 Å². The summed E-state index contributed by atoms with van der Waals surface area (Å²) >= 11 is 1.68. The van der Waals surface area contributed by atoms with Gasteiger partial charge in [-0.25, -0.2) is 4.79 Å². The third kappa shape index (κ3) is 5.54. The van der Waals surface area contributed by atoms with Gasteiger partial charge in [0.05, 0.1) is 12.3 Å². The monoisotopic (exact) mass is 348 g/mol. The fraction of sp³-hybridized carbons (Fsp3) is 0.389. The van der Waals surface area contributed by atoms with Crippen LogP contribution in [0.4, 0.5) is 10.5 Å². The van der Waals surface area contributed by atoms with Crippen molar-refractivity contribution in [3.8, 4) is 5.75 Å². The standard InChI is InChI=1S/C18H24N2O3S/c1-2-23-16-7-4-3-6-15(16)20-18(22)19-11-9-14(10-12-21)17-8-5-13-24-17/h3-8,13-14,21H,2,9-12H2,1H3,(H2,19,20,22)/t14-/m0/s1. The number of urea groups is 1. The number of amides is 2. The molecule has 0 radical (unpaired) electrons. The molecule has 0 bridgehead atoms. The number of hydrogen-bond acceptors (Lipinski definition) is 4. The number of hydrogen-bond donors (Lipinski definition) is 3. The normalized spacial score (nSPS) is 11.8. The van der Waals surface area contributed by atoms with Crippen LogP contribution in [0.1, 0.15) is 30.6 Å². The average Bonchev–Trinajstić information content (AvgIpc) is 3.10. The fourth-order valence-corrected chi connectivity index (χ4v) is 3.39. The Morgan fingerprint density at radius 1 is 1.25 bits per heavy atom. The third-order valence-electron chi connectivity index (χ3n) is 3.64. The van der Waals surface area contributed by atoms with E-state index in [0.717, 1.165) is 6.42 Å². The molecule has 0 aliphatic rings. The van der Waals surface area contributed by atoms with Crippen LogP contribution in [0.25, 0.3) is 0 Å². The van der Waals surface area contributed by atoms with Crippen LogP contribution in [-0.2, 0) is 0 Å². The van der Waals surface area contributed by atoms with Gasteiger partial charge in [-0.15, -0.1) is 11.3 Å². The lowest BCUT2D eigenvalue weighted by Crippen LogP contribution is -2.30. The maximum atomic E-state index is 12.1. The molecule has 0 aliphatic carbocycles. The van der Waals surface area contributed by atoms with Crippen LogP contribution >= 0.6 is 11.3 Å². The van der Waals surface area contributed by atoms with E-state index in [1.165, 1.54) is 4.88 Å². The highest BCUT2D eigenvalue weighted by Crippen LogP contribution is 2.27. The number of aliphatic hydroxyl groups is 1. The Morgan fingerprint density at radius 3 is 2.79 bits per heavy atom. The van der Waals surface area contributed by atoms with E-state index < -0.39 is 0 Å². The maximum absolute atomic E-state index is 12.1. The molecule has 3 N–H and O–H groups in total. The van der Waals surface area contributed by atoms with Crippen molar-refractivity contribution in [3.63, 3.8) is 0 Å². The molecule has 1 atom stereocenters. The van der Waals surface area contributed by atoms with Crippen molar-refractivity contribution < 1.29 is 14.6 Å². The lowest BCUT2D eigenvalue weighted by molar-refractivity contribution is 0.250. The Balaban J connectivity index is 1.82. The first-order chi connectivity index (χ1) is 11.7. The SMILES string of the molecule is CCOc1ccccc1NC(=O)NCC[C@@H](CCO)c1cccs1. The second kappa shape index (κ2) is 9.95. The van der Waals surface area contributed by atoms with Gasteiger partial charge in [-0.2, -0.15) is 0 Å². The zero-order chi connectivity index (χ0) is 17.2. The first-order valence-electron chi connectivity index (χ1n) is 8.15. The number of benzene rings is 1. The molecule has 0 aliphatic heterocycles. The summed E-state index contributed by atoms with van der Waals surface area (Å²) < 4.78 is 5.49. The highest BCUT2D eigenvalue weighted by Gasteiger charge is 2.13. The van der Waals surface area contributed by atoms with Crippen molar-refractivity contribution >= 4 is 23.1 Å². The van der Waals surface area contributed by atoms with Crippen molar-refractivity contribution in [1.82, 2.24) is 5.32 Å². The Labute approximate surface area is 146 Å². The second-order valence-corrected chi connectivity index (χ2v) is 6.30. The number of carbonyl (C=O) groups excluding carboxylic acids is 1. The molecule has 1 aromatic carbocycles. The Hall–Kier alpha value is -2.05. The van der Waals surface area contributed by atoms with Crippen LogP contribution in [0.3, 0.4) is 0 Å². The molecule has 1 aromatic heterocycles. The van der Waals surface area contributed by atoms with Gasteiger partial charge in [-0.1, -0.05) is 18.2 Å². The molecule has 0 spiro atoms. The number of para-hydroxylation sites is 2. The highest BCUT2D eigenvalue weighted by atomic mass is 32.1. The first kappa shape index (κ1) is 18.3. The summed E-state index contributed by atoms with van der Waals surface area (Å²) in [5.74, 6) is 0.929. The summed E-state index contributed by atoms with van der Waals surface area (Å²) in [6, 6.07) is 11.2. The Bertz CT molecular complexity index is 616. The van der Waals surface area contributed by atoms with Crippen LogP contribution in [0, 0.1) is 0 Å². The summed E-state index contributed by atoms with van der Waals surface area (Å²) in [5, 5.41) is 16.9. The van der Waals surface area contributed by atoms with Crippen LogP contribution in [0.5, 0.6) is 5.75 Å². The third-order valence-corrected chi connectivity index (χ3v) is 4.67. The van der Waals surface area contributed by atoms with Crippen molar-refractivity contribution in [1.29, 1.82) is 0 Å². The van der Waals surface area contributed by atoms with E-state index >= 15 is 0 Å². The molecule has 130 valence electrons. The second-order valence-electron chi connectivity index (χ2n) is 5.32. The van der Waals surface area contributed by atoms with E-state index in [1.807, 2.05) is 42.6 Å². The van der Waals surface area contributed by atoms with Crippen molar-refractivity contribution in [2.24, 2.45) is 0 Å². The summed E-state index contributed by atoms with van der Waals surface area (Å²) in [6.45, 7) is 3.15. The van der Waals surface area contributed by atoms with E-state index in [9.17, 15) is 9.90 Å². The van der Waals surface area contributed by atoms with Gasteiger partial charge in [0, 0.05) is 18.0 Å². The van der Waals surface area contributed by atoms with Crippen LogP contribution in [0.2, 0.25) is 0 Å². The minimum absolute atomic E-state index is 0.149. The Kier molecular flexibility index (Phi) is 7.58. The quantitative estimate of drug-likeness (QED) is 0.645. The smallest absolute Gasteiger partial charge is 0.319 e. The molecule has 0 fully saturated rings. The predicted molar refractivity (Wildman–Crippen MR) is 98.0 cm³/mol. The molecule has 0 saturated carbocycles. The number of rotatable bonds is 9. The number of anilines is 1. The van der Waals surface area contributed by atoms with Crippen molar-refractivity contribution in [3.05, 3.63) is 46.7 Å². The molecule has 5 nitrogen and oxygen atoms in total. The number of thiophene rings is 1. The molecule has 2 aromatic rings. The van der Waals surface area contributed by atoms with Gasteiger partial charge < -0.3 is 20.5 Å². The van der Waals surface area contributed by atoms with Crippen molar-refractivity contribution in [2.45, 2.75) is 25.7 Å². The summed E-state index contributed by atoms with van der Waals surface area (Å²) in [4.78, 5) is 13.3. The zero-order valence-corrected chi connectivity index (χ0v) is 14.6. The van der Waals surface area contributed by atoms with E-state index in [2.05, 4.69) is 16.7 Å². The van der Waals surface area contributed by atoms with Gasteiger partial charge in [0.1, 0.15) is 5.75 Å². The number of carbonyl (C=O) groups is 1. The maximum Gasteiger partial charge on any atom is 0.319 e. The summed E-state index contributed by atoms with van der Waals surface area (Å²) in [6.07, 6.45) is 1.50. The molecule has 2 amide bonds. The largest absolute Gasteiger partial charge is 0.492 e. The number of nitrogens with one attached hydrogen (secondary N) is 2. The van der Waals surface area contributed by atoms with Crippen LogP contribution < -0.4 is 15.4 Å². The van der Waals surface area contributed by atoms with Gasteiger partial charge in [0.25, 0.3) is 0 Å². The molecule has 24 heavy (non-hydrogen) atoms. The minimum atomic E-state index is -0.254. The molecule has 0 saturated heterocycles. The molecule has 6 heteroatoms. The summed E-state index contributed by atoms with van der Waals surface area (Å²) in [5.41, 5.74) is 0.655. The van der Waals surface area contributed by atoms with Gasteiger partial charge in [0.2, 0.25) is 0 Å². The molecule has 2 rings (SSSR count). The van der Waals surface area contributed by atoms with Gasteiger partial charge in [0.15, 0.2) is 0 Å². The lowest BCUT2D eigenvalue weighted by atomic mass is 10.00. The van der Waals surface area contributed by atoms with Gasteiger partial charge in [-0.05, 0) is 49.3 Å². The summed E-state index contributed by atoms with van der Waals surface area (Å²) in [7, 11) is 0. The molecule has 0 unspecified atom stereocenters. The van der Waals surface area contributed by atoms with Crippen LogP contribution in [-0.4, -0.2) is 30.9 Å².